The average Bonchev–Trinajstić information content (AvgIpc) is 3.27. The number of esters is 1. The maximum Gasteiger partial charge on any atom is 0.407 e. The predicted molar refractivity (Wildman–Crippen MR) is 153 cm³/mol. The number of methoxy groups -OCH3 is 1. The fourth-order valence-electron chi connectivity index (χ4n) is 4.95. The molecule has 11 nitrogen and oxygen atoms in total. The number of carbonyl (C=O) groups excluding carboxylic acids is 2. The van der Waals surface area contributed by atoms with Gasteiger partial charge in [0.2, 0.25) is 0 Å². The van der Waals surface area contributed by atoms with E-state index in [0.717, 1.165) is 28.3 Å². The first-order valence-electron chi connectivity index (χ1n) is 13.4. The van der Waals surface area contributed by atoms with Crippen molar-refractivity contribution in [1.29, 1.82) is 0 Å². The second-order valence-electron chi connectivity index (χ2n) is 10.8. The van der Waals surface area contributed by atoms with E-state index >= 15 is 0 Å². The first-order valence-corrected chi connectivity index (χ1v) is 13.4. The monoisotopic (exact) mass is 578 g/mol. The molecule has 0 aliphatic heterocycles. The van der Waals surface area contributed by atoms with E-state index in [9.17, 15) is 24.8 Å². The van der Waals surface area contributed by atoms with E-state index in [1.165, 1.54) is 13.2 Å². The van der Waals surface area contributed by atoms with Crippen LogP contribution in [0.15, 0.2) is 60.7 Å². The lowest BCUT2D eigenvalue weighted by Gasteiger charge is -2.25. The lowest BCUT2D eigenvalue weighted by molar-refractivity contribution is -0.385. The number of ether oxygens (including phenoxy) is 4. The smallest absolute Gasteiger partial charge is 0.407 e. The Morgan fingerprint density at radius 2 is 1.64 bits per heavy atom. The highest BCUT2D eigenvalue weighted by atomic mass is 16.7. The Labute approximate surface area is 243 Å². The summed E-state index contributed by atoms with van der Waals surface area (Å²) < 4.78 is 21.3. The van der Waals surface area contributed by atoms with Gasteiger partial charge in [0.1, 0.15) is 24.0 Å². The van der Waals surface area contributed by atoms with E-state index in [4.69, 9.17) is 18.9 Å². The van der Waals surface area contributed by atoms with Gasteiger partial charge in [-0.25, -0.2) is 9.59 Å². The van der Waals surface area contributed by atoms with Gasteiger partial charge in [-0.05, 0) is 49.1 Å². The fraction of sp³-hybridized carbons (Fsp3) is 0.355. The highest BCUT2D eigenvalue weighted by molar-refractivity contribution is 5.83. The van der Waals surface area contributed by atoms with Crippen molar-refractivity contribution in [3.63, 3.8) is 0 Å². The van der Waals surface area contributed by atoms with Crippen molar-refractivity contribution < 1.29 is 38.6 Å². The Bertz CT molecular complexity index is 1420. The Balaban J connectivity index is 1.56. The van der Waals surface area contributed by atoms with Crippen molar-refractivity contribution in [1.82, 2.24) is 5.32 Å². The zero-order valence-electron chi connectivity index (χ0n) is 23.9. The summed E-state index contributed by atoms with van der Waals surface area (Å²) in [5.74, 6) is -0.931. The molecule has 0 radical (unpaired) electrons. The minimum absolute atomic E-state index is 0.0151. The minimum Gasteiger partial charge on any atom is -0.467 e. The fourth-order valence-corrected chi connectivity index (χ4v) is 4.95. The minimum atomic E-state index is -1.32. The molecule has 0 aromatic heterocycles. The van der Waals surface area contributed by atoms with Crippen LogP contribution in [-0.4, -0.2) is 54.2 Å². The standard InChI is InChI=1S/C31H34N2O9/c1-31(2,3)42-29(35)26(14-19-13-20(16-34)28(41-18-39-4)15-27(19)33(37)38)32-30(36)40-17-25-23-11-7-5-9-21(23)22-10-6-8-12-24(22)25/h5-13,15,25-26,34H,14,16-18H2,1-4H3,(H,32,36)/t26-/m0/s1. The molecular weight excluding hydrogens is 544 g/mol. The Morgan fingerprint density at radius 1 is 1.02 bits per heavy atom. The van der Waals surface area contributed by atoms with Gasteiger partial charge in [0, 0.05) is 30.6 Å². The van der Waals surface area contributed by atoms with Gasteiger partial charge in [0.15, 0.2) is 6.79 Å². The number of fused-ring (bicyclic) bond motifs is 3. The lowest BCUT2D eigenvalue weighted by atomic mass is 9.98. The molecular formula is C31H34N2O9. The van der Waals surface area contributed by atoms with Crippen LogP contribution in [0.1, 0.15) is 48.9 Å². The van der Waals surface area contributed by atoms with Crippen molar-refractivity contribution in [2.24, 2.45) is 0 Å². The molecule has 0 unspecified atom stereocenters. The molecule has 4 rings (SSSR count). The number of rotatable bonds is 11. The summed E-state index contributed by atoms with van der Waals surface area (Å²) in [4.78, 5) is 37.5. The van der Waals surface area contributed by atoms with Crippen molar-refractivity contribution in [2.45, 2.75) is 51.4 Å². The quantitative estimate of drug-likeness (QED) is 0.141. The molecule has 0 saturated heterocycles. The van der Waals surface area contributed by atoms with Crippen LogP contribution >= 0.6 is 0 Å². The van der Waals surface area contributed by atoms with E-state index in [-0.39, 0.29) is 48.3 Å². The van der Waals surface area contributed by atoms with Crippen LogP contribution in [0.4, 0.5) is 10.5 Å². The summed E-state index contributed by atoms with van der Waals surface area (Å²) in [7, 11) is 1.39. The van der Waals surface area contributed by atoms with Gasteiger partial charge in [-0.2, -0.15) is 0 Å². The summed E-state index contributed by atoms with van der Waals surface area (Å²) in [6.07, 6.45) is -1.18. The molecule has 0 fully saturated rings. The first-order chi connectivity index (χ1) is 20.0. The molecule has 42 heavy (non-hydrogen) atoms. The Kier molecular flexibility index (Phi) is 9.44. The van der Waals surface area contributed by atoms with Gasteiger partial charge < -0.3 is 29.4 Å². The van der Waals surface area contributed by atoms with Crippen LogP contribution in [-0.2, 0) is 32.0 Å². The molecule has 3 aromatic carbocycles. The van der Waals surface area contributed by atoms with Crippen LogP contribution in [0.3, 0.4) is 0 Å². The third-order valence-electron chi connectivity index (χ3n) is 6.71. The van der Waals surface area contributed by atoms with E-state index in [1.54, 1.807) is 20.8 Å². The number of hydrogen-bond donors (Lipinski definition) is 2. The van der Waals surface area contributed by atoms with Crippen molar-refractivity contribution in [3.8, 4) is 16.9 Å². The van der Waals surface area contributed by atoms with Gasteiger partial charge >= 0.3 is 12.1 Å². The normalized spacial score (nSPS) is 13.1. The van der Waals surface area contributed by atoms with E-state index in [0.29, 0.717) is 0 Å². The maximum absolute atomic E-state index is 13.2. The summed E-state index contributed by atoms with van der Waals surface area (Å²) >= 11 is 0. The number of nitrogens with one attached hydrogen (secondary N) is 1. The number of benzene rings is 3. The Morgan fingerprint density at radius 3 is 2.19 bits per heavy atom. The van der Waals surface area contributed by atoms with Crippen LogP contribution in [0.5, 0.6) is 5.75 Å². The molecule has 0 saturated carbocycles. The number of aliphatic hydroxyl groups excluding tert-OH is 1. The number of hydrogen-bond acceptors (Lipinski definition) is 9. The maximum atomic E-state index is 13.2. The molecule has 0 spiro atoms. The van der Waals surface area contributed by atoms with Gasteiger partial charge in [0.05, 0.1) is 17.6 Å². The third kappa shape index (κ3) is 7.04. The molecule has 1 aliphatic rings. The van der Waals surface area contributed by atoms with Crippen molar-refractivity contribution in [3.05, 3.63) is 93.0 Å². The number of amides is 1. The largest absolute Gasteiger partial charge is 0.467 e. The van der Waals surface area contributed by atoms with Gasteiger partial charge in [0.25, 0.3) is 5.69 Å². The molecule has 0 bridgehead atoms. The lowest BCUT2D eigenvalue weighted by Crippen LogP contribution is -2.46. The zero-order chi connectivity index (χ0) is 30.4. The molecule has 222 valence electrons. The van der Waals surface area contributed by atoms with Crippen LogP contribution in [0.25, 0.3) is 11.1 Å². The van der Waals surface area contributed by atoms with Crippen molar-refractivity contribution in [2.75, 3.05) is 20.5 Å². The summed E-state index contributed by atoms with van der Waals surface area (Å²) in [6, 6.07) is 17.0. The van der Waals surface area contributed by atoms with E-state index in [1.807, 2.05) is 48.5 Å². The summed E-state index contributed by atoms with van der Waals surface area (Å²) in [5, 5.41) is 24.3. The van der Waals surface area contributed by atoms with E-state index in [2.05, 4.69) is 5.32 Å². The second-order valence-corrected chi connectivity index (χ2v) is 10.8. The van der Waals surface area contributed by atoms with Crippen LogP contribution < -0.4 is 10.1 Å². The number of nitrogens with zero attached hydrogens (tertiary/aromatic N) is 1. The van der Waals surface area contributed by atoms with E-state index < -0.39 is 35.2 Å². The van der Waals surface area contributed by atoms with Crippen LogP contribution in [0, 0.1) is 10.1 Å². The highest BCUT2D eigenvalue weighted by Gasteiger charge is 2.33. The second kappa shape index (κ2) is 13.0. The number of nitro groups is 1. The van der Waals surface area contributed by atoms with Gasteiger partial charge in [-0.3, -0.25) is 10.1 Å². The molecule has 2 N–H and O–H groups in total. The predicted octanol–water partition coefficient (Wildman–Crippen LogP) is 4.86. The molecule has 0 heterocycles. The summed E-state index contributed by atoms with van der Waals surface area (Å²) in [6.45, 7) is 4.35. The number of nitro benzene ring substituents is 1. The third-order valence-corrected chi connectivity index (χ3v) is 6.71. The number of aliphatic hydroxyl groups is 1. The molecule has 3 aromatic rings. The zero-order valence-corrected chi connectivity index (χ0v) is 23.9. The molecule has 1 amide bonds. The molecule has 1 atom stereocenters. The van der Waals surface area contributed by atoms with Crippen molar-refractivity contribution >= 4 is 17.7 Å². The molecule has 11 heteroatoms. The molecule has 1 aliphatic carbocycles. The van der Waals surface area contributed by atoms with Crippen LogP contribution in [0.2, 0.25) is 0 Å². The number of carbonyl (C=O) groups is 2. The Hall–Kier alpha value is -4.48. The van der Waals surface area contributed by atoms with Gasteiger partial charge in [-0.15, -0.1) is 0 Å². The van der Waals surface area contributed by atoms with Gasteiger partial charge in [-0.1, -0.05) is 48.5 Å². The SMILES string of the molecule is COCOc1cc([N+](=O)[O-])c(C[C@H](NC(=O)OCC2c3ccccc3-c3ccccc32)C(=O)OC(C)(C)C)cc1CO. The topological polar surface area (TPSA) is 146 Å². The number of alkyl carbamates (subject to hydrolysis) is 1. The highest BCUT2D eigenvalue weighted by Crippen LogP contribution is 2.44. The summed E-state index contributed by atoms with van der Waals surface area (Å²) in [5.41, 5.74) is 3.27. The first kappa shape index (κ1) is 30.5. The average molecular weight is 579 g/mol.